The highest BCUT2D eigenvalue weighted by Crippen LogP contribution is 2.38. The Labute approximate surface area is 184 Å². The average molecular weight is 457 g/mol. The fourth-order valence-corrected chi connectivity index (χ4v) is 4.20. The first kappa shape index (κ1) is 19.3. The van der Waals surface area contributed by atoms with Gasteiger partial charge in [0.15, 0.2) is 5.82 Å². The first-order chi connectivity index (χ1) is 15.0. The summed E-state index contributed by atoms with van der Waals surface area (Å²) in [6.07, 6.45) is 0. The molecule has 0 radical (unpaired) electrons. The van der Waals surface area contributed by atoms with Gasteiger partial charge in [0, 0.05) is 12.1 Å². The number of benzene rings is 2. The van der Waals surface area contributed by atoms with Crippen LogP contribution in [0.1, 0.15) is 17.4 Å². The van der Waals surface area contributed by atoms with Crippen LogP contribution in [0.3, 0.4) is 0 Å². The highest BCUT2D eigenvalue weighted by atomic mass is 35.5. The van der Waals surface area contributed by atoms with Crippen molar-refractivity contribution >= 4 is 46.4 Å². The maximum Gasteiger partial charge on any atom is 0.269 e. The fraction of sp³-hybridized carbons (Fsp3) is 0.167. The summed E-state index contributed by atoms with van der Waals surface area (Å²) >= 11 is 11.7. The van der Waals surface area contributed by atoms with Crippen LogP contribution in [0.5, 0.6) is 0 Å². The molecule has 1 aliphatic heterocycles. The van der Waals surface area contributed by atoms with Crippen molar-refractivity contribution in [3.05, 3.63) is 74.8 Å². The predicted molar refractivity (Wildman–Crippen MR) is 113 cm³/mol. The molecule has 13 heteroatoms. The van der Waals surface area contributed by atoms with Gasteiger partial charge in [-0.1, -0.05) is 29.5 Å². The largest absolute Gasteiger partial charge is 0.271 e. The van der Waals surface area contributed by atoms with Crippen LogP contribution in [0.4, 0.5) is 5.69 Å². The van der Waals surface area contributed by atoms with Gasteiger partial charge in [-0.05, 0) is 29.9 Å². The van der Waals surface area contributed by atoms with E-state index in [9.17, 15) is 14.9 Å². The Hall–Kier alpha value is -3.64. The van der Waals surface area contributed by atoms with Crippen LogP contribution < -0.4 is 5.01 Å². The molecule has 1 amide bonds. The lowest BCUT2D eigenvalue weighted by Gasteiger charge is -2.44. The minimum Gasteiger partial charge on any atom is -0.271 e. The molecule has 1 fully saturated rings. The number of nitrogens with one attached hydrogen (secondary N) is 1. The van der Waals surface area contributed by atoms with E-state index >= 15 is 0 Å². The van der Waals surface area contributed by atoms with Gasteiger partial charge in [-0.15, -0.1) is 16.7 Å². The highest BCUT2D eigenvalue weighted by molar-refractivity contribution is 7.71. The third-order valence-corrected chi connectivity index (χ3v) is 5.76. The van der Waals surface area contributed by atoms with E-state index in [4.69, 9.17) is 23.8 Å². The highest BCUT2D eigenvalue weighted by Gasteiger charge is 2.50. The molecule has 5 rings (SSSR count). The summed E-state index contributed by atoms with van der Waals surface area (Å²) in [6, 6.07) is 12.8. The fourth-order valence-electron chi connectivity index (χ4n) is 3.61. The Balaban J connectivity index is 1.55. The van der Waals surface area contributed by atoms with Gasteiger partial charge >= 0.3 is 0 Å². The standard InChI is InChI=1S/C18H13ClN8O3S/c19-15-16(10-4-3-5-11(8-10)27(29)30)26(17(15)28)25-14(21-22-18(25)31)9-24-13-7-2-1-6-12(13)20-23-24/h1-8,15-16H,9H2,(H,22,31). The van der Waals surface area contributed by atoms with E-state index in [1.807, 2.05) is 24.3 Å². The molecule has 3 heterocycles. The number of aromatic nitrogens is 6. The lowest BCUT2D eigenvalue weighted by Crippen LogP contribution is -2.62. The second kappa shape index (κ2) is 7.25. The van der Waals surface area contributed by atoms with Crippen LogP contribution in [0, 0.1) is 14.9 Å². The summed E-state index contributed by atoms with van der Waals surface area (Å²) in [7, 11) is 0. The number of hydrogen-bond acceptors (Lipinski definition) is 7. The van der Waals surface area contributed by atoms with E-state index in [2.05, 4.69) is 20.5 Å². The normalized spacial score (nSPS) is 18.4. The predicted octanol–water partition coefficient (Wildman–Crippen LogP) is 2.47. The van der Waals surface area contributed by atoms with Crippen molar-refractivity contribution in [3.63, 3.8) is 0 Å². The maximum absolute atomic E-state index is 12.7. The second-order valence-electron chi connectivity index (χ2n) is 6.87. The van der Waals surface area contributed by atoms with Crippen molar-refractivity contribution in [2.45, 2.75) is 18.0 Å². The number of nitro groups is 1. The minimum absolute atomic E-state index is 0.0919. The van der Waals surface area contributed by atoms with E-state index in [0.717, 1.165) is 11.0 Å². The van der Waals surface area contributed by atoms with Gasteiger partial charge in [0.1, 0.15) is 23.5 Å². The van der Waals surface area contributed by atoms with E-state index in [1.165, 1.54) is 21.8 Å². The minimum atomic E-state index is -0.890. The van der Waals surface area contributed by atoms with Gasteiger partial charge in [-0.3, -0.25) is 20.0 Å². The third kappa shape index (κ3) is 3.07. The first-order valence-corrected chi connectivity index (χ1v) is 9.96. The van der Waals surface area contributed by atoms with Gasteiger partial charge in [-0.25, -0.2) is 14.4 Å². The molecule has 2 aromatic heterocycles. The Bertz CT molecular complexity index is 1400. The van der Waals surface area contributed by atoms with Gasteiger partial charge in [0.2, 0.25) is 4.77 Å². The lowest BCUT2D eigenvalue weighted by atomic mass is 9.95. The summed E-state index contributed by atoms with van der Waals surface area (Å²) in [5.74, 6) is 0.0216. The maximum atomic E-state index is 12.7. The Kier molecular flexibility index (Phi) is 4.52. The van der Waals surface area contributed by atoms with Crippen molar-refractivity contribution in [3.8, 4) is 0 Å². The molecule has 1 N–H and O–H groups in total. The van der Waals surface area contributed by atoms with Crippen molar-refractivity contribution in [1.82, 2.24) is 29.9 Å². The number of amides is 1. The van der Waals surface area contributed by atoms with Crippen molar-refractivity contribution in [1.29, 1.82) is 0 Å². The van der Waals surface area contributed by atoms with E-state index in [1.54, 1.807) is 16.8 Å². The molecular weight excluding hydrogens is 444 g/mol. The number of hydrogen-bond donors (Lipinski definition) is 1. The topological polar surface area (TPSA) is 128 Å². The summed E-state index contributed by atoms with van der Waals surface area (Å²) in [4.78, 5) is 23.4. The van der Waals surface area contributed by atoms with Crippen LogP contribution in [0.25, 0.3) is 11.0 Å². The molecule has 1 aliphatic rings. The number of fused-ring (bicyclic) bond motifs is 1. The third-order valence-electron chi connectivity index (χ3n) is 5.07. The van der Waals surface area contributed by atoms with E-state index in [-0.39, 0.29) is 22.9 Å². The molecule has 1 saturated heterocycles. The number of nitrogens with zero attached hydrogens (tertiary/aromatic N) is 7. The lowest BCUT2D eigenvalue weighted by molar-refractivity contribution is -0.384. The van der Waals surface area contributed by atoms with Crippen molar-refractivity contribution in [2.75, 3.05) is 5.01 Å². The number of carbonyl (C=O) groups is 1. The SMILES string of the molecule is O=C1C(Cl)C(c2cccc([N+](=O)[O-])c2)N1n1c(Cn2nnc3ccccc32)n[nH]c1=S. The number of alkyl halides is 1. The van der Waals surface area contributed by atoms with Crippen LogP contribution >= 0.6 is 23.8 Å². The molecule has 2 aromatic carbocycles. The smallest absolute Gasteiger partial charge is 0.269 e. The molecule has 0 spiro atoms. The molecule has 2 atom stereocenters. The molecular formula is C18H13ClN8O3S. The summed E-state index contributed by atoms with van der Waals surface area (Å²) in [5, 5.41) is 26.8. The zero-order valence-electron chi connectivity index (χ0n) is 15.6. The van der Waals surface area contributed by atoms with Crippen molar-refractivity contribution < 1.29 is 9.72 Å². The molecule has 4 aromatic rings. The second-order valence-corrected chi connectivity index (χ2v) is 7.73. The summed E-state index contributed by atoms with van der Waals surface area (Å²) < 4.78 is 3.28. The number of para-hydroxylation sites is 1. The monoisotopic (exact) mass is 456 g/mol. The Morgan fingerprint density at radius 1 is 1.23 bits per heavy atom. The Morgan fingerprint density at radius 2 is 2.03 bits per heavy atom. The van der Waals surface area contributed by atoms with Crippen LogP contribution in [-0.4, -0.2) is 46.1 Å². The van der Waals surface area contributed by atoms with Crippen LogP contribution in [-0.2, 0) is 11.3 Å². The van der Waals surface area contributed by atoms with Gasteiger partial charge in [-0.2, -0.15) is 5.10 Å². The number of aromatic amines is 1. The molecule has 2 unspecified atom stereocenters. The number of nitro benzene ring substituents is 1. The number of non-ortho nitro benzene ring substituents is 1. The van der Waals surface area contributed by atoms with Gasteiger partial charge < -0.3 is 0 Å². The zero-order chi connectivity index (χ0) is 21.7. The van der Waals surface area contributed by atoms with Crippen LogP contribution in [0.2, 0.25) is 0 Å². The molecule has 11 nitrogen and oxygen atoms in total. The summed E-state index contributed by atoms with van der Waals surface area (Å²) in [5.41, 5.74) is 1.95. The average Bonchev–Trinajstić information content (AvgIpc) is 3.35. The Morgan fingerprint density at radius 3 is 2.84 bits per heavy atom. The summed E-state index contributed by atoms with van der Waals surface area (Å²) in [6.45, 7) is 0.187. The number of H-pyrrole nitrogens is 1. The molecule has 0 aliphatic carbocycles. The molecule has 31 heavy (non-hydrogen) atoms. The van der Waals surface area contributed by atoms with E-state index in [0.29, 0.717) is 11.4 Å². The quantitative estimate of drug-likeness (QED) is 0.160. The molecule has 156 valence electrons. The zero-order valence-corrected chi connectivity index (χ0v) is 17.2. The van der Waals surface area contributed by atoms with Gasteiger partial charge in [0.25, 0.3) is 11.6 Å². The first-order valence-electron chi connectivity index (χ1n) is 9.12. The van der Waals surface area contributed by atoms with E-state index < -0.39 is 16.3 Å². The number of β-lactam (4-membered cyclic amide) rings is 1. The number of carbonyl (C=O) groups excluding carboxylic acids is 1. The van der Waals surface area contributed by atoms with Crippen molar-refractivity contribution in [2.24, 2.45) is 0 Å². The molecule has 0 saturated carbocycles. The van der Waals surface area contributed by atoms with Crippen LogP contribution in [0.15, 0.2) is 48.5 Å². The number of rotatable bonds is 5. The van der Waals surface area contributed by atoms with Gasteiger partial charge in [0.05, 0.1) is 10.4 Å². The number of halogens is 1. The molecule has 0 bridgehead atoms.